The van der Waals surface area contributed by atoms with Crippen molar-refractivity contribution in [3.8, 4) is 0 Å². The lowest BCUT2D eigenvalue weighted by Gasteiger charge is -2.19. The van der Waals surface area contributed by atoms with Gasteiger partial charge in [-0.15, -0.1) is 0 Å². The summed E-state index contributed by atoms with van der Waals surface area (Å²) in [7, 11) is 0. The van der Waals surface area contributed by atoms with Gasteiger partial charge >= 0.3 is 5.97 Å². The van der Waals surface area contributed by atoms with E-state index in [2.05, 4.69) is 5.32 Å². The van der Waals surface area contributed by atoms with Gasteiger partial charge in [-0.1, -0.05) is 6.92 Å². The van der Waals surface area contributed by atoms with Gasteiger partial charge in [-0.2, -0.15) is 0 Å². The highest BCUT2D eigenvalue weighted by molar-refractivity contribution is 5.85. The summed E-state index contributed by atoms with van der Waals surface area (Å²) in [5, 5.41) is 11.2. The van der Waals surface area contributed by atoms with Crippen molar-refractivity contribution >= 4 is 11.9 Å². The van der Waals surface area contributed by atoms with Crippen LogP contribution in [0.5, 0.6) is 0 Å². The molecule has 0 bridgehead atoms. The third-order valence-corrected chi connectivity index (χ3v) is 3.27. The molecule has 1 saturated heterocycles. The van der Waals surface area contributed by atoms with E-state index in [1.807, 2.05) is 20.8 Å². The lowest BCUT2D eigenvalue weighted by molar-refractivity contribution is -0.142. The van der Waals surface area contributed by atoms with Gasteiger partial charge in [-0.05, 0) is 26.7 Å². The van der Waals surface area contributed by atoms with Gasteiger partial charge in [0, 0.05) is 0 Å². The minimum atomic E-state index is -1.03. The fraction of sp³-hybridized carbons (Fsp3) is 0.818. The van der Waals surface area contributed by atoms with E-state index in [-0.39, 0.29) is 30.0 Å². The monoisotopic (exact) mass is 229 g/mol. The molecule has 4 unspecified atom stereocenters. The molecule has 0 aliphatic carbocycles. The maximum absolute atomic E-state index is 11.9. The summed E-state index contributed by atoms with van der Waals surface area (Å²) in [5.41, 5.74) is 0. The molecule has 1 aliphatic rings. The summed E-state index contributed by atoms with van der Waals surface area (Å²) in [5.74, 6) is -1.42. The highest BCUT2D eigenvalue weighted by atomic mass is 16.5. The van der Waals surface area contributed by atoms with E-state index in [0.29, 0.717) is 0 Å². The zero-order valence-electron chi connectivity index (χ0n) is 10.1. The largest absolute Gasteiger partial charge is 0.480 e. The van der Waals surface area contributed by atoms with E-state index < -0.39 is 12.0 Å². The predicted molar refractivity (Wildman–Crippen MR) is 57.9 cm³/mol. The highest BCUT2D eigenvalue weighted by Crippen LogP contribution is 2.32. The number of carboxylic acids is 1. The van der Waals surface area contributed by atoms with Gasteiger partial charge < -0.3 is 15.2 Å². The van der Waals surface area contributed by atoms with Gasteiger partial charge in [0.2, 0.25) is 5.91 Å². The zero-order valence-corrected chi connectivity index (χ0v) is 10.1. The molecule has 0 aromatic heterocycles. The van der Waals surface area contributed by atoms with E-state index in [1.54, 1.807) is 0 Å². The molecule has 1 aliphatic heterocycles. The molecule has 0 saturated carbocycles. The third kappa shape index (κ3) is 2.52. The van der Waals surface area contributed by atoms with Gasteiger partial charge in [0.15, 0.2) is 0 Å². The zero-order chi connectivity index (χ0) is 12.5. The van der Waals surface area contributed by atoms with Crippen molar-refractivity contribution in [2.45, 2.75) is 45.9 Å². The van der Waals surface area contributed by atoms with Crippen molar-refractivity contribution in [3.05, 3.63) is 0 Å². The first kappa shape index (κ1) is 13.0. The SMILES string of the molecule is CC1OC(C)C(C(=O)N[C@H](C)C(=O)O)C1C. The lowest BCUT2D eigenvalue weighted by Crippen LogP contribution is -2.44. The number of ether oxygens (including phenoxy) is 1. The minimum Gasteiger partial charge on any atom is -0.480 e. The van der Waals surface area contributed by atoms with E-state index in [4.69, 9.17) is 9.84 Å². The summed E-state index contributed by atoms with van der Waals surface area (Å²) in [6.07, 6.45) is -0.128. The molecule has 1 amide bonds. The van der Waals surface area contributed by atoms with E-state index in [1.165, 1.54) is 6.92 Å². The Labute approximate surface area is 95.2 Å². The average molecular weight is 229 g/mol. The molecule has 0 radical (unpaired) electrons. The third-order valence-electron chi connectivity index (χ3n) is 3.27. The van der Waals surface area contributed by atoms with Crippen molar-refractivity contribution in [3.63, 3.8) is 0 Å². The Morgan fingerprint density at radius 2 is 1.81 bits per heavy atom. The summed E-state index contributed by atoms with van der Waals surface area (Å²) in [6, 6.07) is -0.859. The number of carbonyl (C=O) groups is 2. The molecule has 92 valence electrons. The smallest absolute Gasteiger partial charge is 0.325 e. The first-order valence-electron chi connectivity index (χ1n) is 5.53. The molecule has 0 aromatic rings. The summed E-state index contributed by atoms with van der Waals surface area (Å²) in [6.45, 7) is 7.17. The summed E-state index contributed by atoms with van der Waals surface area (Å²) in [4.78, 5) is 22.5. The average Bonchev–Trinajstić information content (AvgIpc) is 2.40. The van der Waals surface area contributed by atoms with Crippen LogP contribution in [-0.2, 0) is 14.3 Å². The topological polar surface area (TPSA) is 75.6 Å². The number of aliphatic carboxylic acids is 1. The van der Waals surface area contributed by atoms with Gasteiger partial charge in [0.1, 0.15) is 6.04 Å². The molecule has 0 spiro atoms. The van der Waals surface area contributed by atoms with Crippen LogP contribution in [0, 0.1) is 11.8 Å². The highest BCUT2D eigenvalue weighted by Gasteiger charge is 2.42. The van der Waals surface area contributed by atoms with Crippen molar-refractivity contribution in [1.29, 1.82) is 0 Å². The number of hydrogen-bond donors (Lipinski definition) is 2. The molecule has 1 heterocycles. The molecule has 5 heteroatoms. The standard InChI is InChI=1S/C11H19NO4/c1-5-7(3)16-8(4)9(5)10(13)12-6(2)11(14)15/h5-9H,1-4H3,(H,12,13)(H,14,15)/t5?,6-,7?,8?,9?/m1/s1. The minimum absolute atomic E-state index is 0.0332. The Hall–Kier alpha value is -1.10. The van der Waals surface area contributed by atoms with Gasteiger partial charge in [-0.25, -0.2) is 0 Å². The van der Waals surface area contributed by atoms with Gasteiger partial charge in [0.25, 0.3) is 0 Å². The van der Waals surface area contributed by atoms with Crippen LogP contribution in [0.15, 0.2) is 0 Å². The molecule has 16 heavy (non-hydrogen) atoms. The van der Waals surface area contributed by atoms with Crippen molar-refractivity contribution in [2.75, 3.05) is 0 Å². The van der Waals surface area contributed by atoms with Crippen LogP contribution < -0.4 is 5.32 Å². The number of nitrogens with one attached hydrogen (secondary N) is 1. The first-order valence-corrected chi connectivity index (χ1v) is 5.53. The molecule has 0 aromatic carbocycles. The van der Waals surface area contributed by atoms with E-state index in [0.717, 1.165) is 0 Å². The number of carboxylic acid groups (broad SMARTS) is 1. The molecule has 1 fully saturated rings. The maximum Gasteiger partial charge on any atom is 0.325 e. The Morgan fingerprint density at radius 1 is 1.25 bits per heavy atom. The molecule has 5 atom stereocenters. The van der Waals surface area contributed by atoms with Crippen LogP contribution >= 0.6 is 0 Å². The van der Waals surface area contributed by atoms with Crippen LogP contribution in [-0.4, -0.2) is 35.2 Å². The summed E-state index contributed by atoms with van der Waals surface area (Å²) < 4.78 is 5.54. The quantitative estimate of drug-likeness (QED) is 0.744. The Bertz CT molecular complexity index is 292. The van der Waals surface area contributed by atoms with Crippen LogP contribution in [0.1, 0.15) is 27.7 Å². The molecular formula is C11H19NO4. The van der Waals surface area contributed by atoms with Crippen molar-refractivity contribution in [1.82, 2.24) is 5.32 Å². The van der Waals surface area contributed by atoms with Crippen molar-refractivity contribution < 1.29 is 19.4 Å². The van der Waals surface area contributed by atoms with E-state index >= 15 is 0 Å². The molecule has 1 rings (SSSR count). The van der Waals surface area contributed by atoms with Crippen LogP contribution in [0.25, 0.3) is 0 Å². The number of amides is 1. The van der Waals surface area contributed by atoms with Crippen LogP contribution in [0.4, 0.5) is 0 Å². The number of hydrogen-bond acceptors (Lipinski definition) is 3. The molecule has 2 N–H and O–H groups in total. The number of carbonyl (C=O) groups excluding carboxylic acids is 1. The van der Waals surface area contributed by atoms with Crippen molar-refractivity contribution in [2.24, 2.45) is 11.8 Å². The fourth-order valence-corrected chi connectivity index (χ4v) is 2.09. The number of rotatable bonds is 3. The van der Waals surface area contributed by atoms with E-state index in [9.17, 15) is 9.59 Å². The van der Waals surface area contributed by atoms with Gasteiger partial charge in [-0.3, -0.25) is 9.59 Å². The molecular weight excluding hydrogens is 210 g/mol. The molecule has 5 nitrogen and oxygen atoms in total. The second-order valence-electron chi connectivity index (χ2n) is 4.50. The maximum atomic E-state index is 11.9. The first-order chi connectivity index (χ1) is 7.34. The van der Waals surface area contributed by atoms with Gasteiger partial charge in [0.05, 0.1) is 18.1 Å². The second-order valence-corrected chi connectivity index (χ2v) is 4.50. The van der Waals surface area contributed by atoms with Crippen LogP contribution in [0.2, 0.25) is 0 Å². The predicted octanol–water partition coefficient (Wildman–Crippen LogP) is 0.635. The Kier molecular flexibility index (Phi) is 3.91. The summed E-state index contributed by atoms with van der Waals surface area (Å²) >= 11 is 0. The van der Waals surface area contributed by atoms with Crippen LogP contribution in [0.3, 0.4) is 0 Å². The normalized spacial score (nSPS) is 35.8. The second kappa shape index (κ2) is 4.82. The Balaban J connectivity index is 2.64. The fourth-order valence-electron chi connectivity index (χ4n) is 2.09. The Morgan fingerprint density at radius 3 is 2.19 bits per heavy atom. The lowest BCUT2D eigenvalue weighted by atomic mass is 9.88.